The first kappa shape index (κ1) is 20.0. The largest absolute Gasteiger partial charge is 0.333 e. The molecule has 0 aliphatic carbocycles. The van der Waals surface area contributed by atoms with Gasteiger partial charge in [0, 0.05) is 12.1 Å². The summed E-state index contributed by atoms with van der Waals surface area (Å²) in [5.41, 5.74) is 0.0221. The molecule has 26 heavy (non-hydrogen) atoms. The average Bonchev–Trinajstić information content (AvgIpc) is 2.83. The number of amides is 1. The standard InChI is InChI=1S/C21H32Cl2N2O/c1-13(2)16(14(3)4)12-25(18-10-11-24-21(18,5)6)20(26)15-8-7-9-17(22)19(15)23/h7-9,13-14,16,18,24H,10-12H2,1-6H3/t18-/m0/s1/i/hD. The number of nitrogens with one attached hydrogen (secondary N) is 1. The predicted octanol–water partition coefficient (Wildman–Crippen LogP) is 5.50. The Kier molecular flexibility index (Phi) is 6.53. The van der Waals surface area contributed by atoms with Gasteiger partial charge in [-0.3, -0.25) is 4.79 Å². The van der Waals surface area contributed by atoms with Crippen molar-refractivity contribution in [2.45, 2.75) is 59.5 Å². The SMILES string of the molecule is [2H]N1CC[C@H](N(CC(C(C)C)C(C)C)C(=O)c2cccc(Cl)c2Cl)C1(C)C. The molecule has 1 atom stereocenters. The second-order valence-corrected chi connectivity index (χ2v) is 9.34. The monoisotopic (exact) mass is 399 g/mol. The van der Waals surface area contributed by atoms with E-state index < -0.39 is 5.54 Å². The van der Waals surface area contributed by atoms with E-state index in [4.69, 9.17) is 24.6 Å². The maximum atomic E-state index is 13.6. The first-order valence-corrected chi connectivity index (χ1v) is 10.3. The number of rotatable bonds is 6. The minimum Gasteiger partial charge on any atom is -0.333 e. The molecule has 1 aromatic rings. The van der Waals surface area contributed by atoms with Gasteiger partial charge in [-0.2, -0.15) is 0 Å². The number of carbonyl (C=O) groups is 1. The third-order valence-electron chi connectivity index (χ3n) is 5.68. The van der Waals surface area contributed by atoms with E-state index in [1.165, 1.54) is 0 Å². The summed E-state index contributed by atoms with van der Waals surface area (Å²) in [5.74, 6) is 1.17. The summed E-state index contributed by atoms with van der Waals surface area (Å²) in [4.78, 5) is 15.5. The van der Waals surface area contributed by atoms with Crippen molar-refractivity contribution in [2.24, 2.45) is 17.8 Å². The zero-order valence-corrected chi connectivity index (χ0v) is 18.2. The van der Waals surface area contributed by atoms with Gasteiger partial charge in [0.05, 0.1) is 21.7 Å². The lowest BCUT2D eigenvalue weighted by Gasteiger charge is -2.41. The Labute approximate surface area is 169 Å². The molecule has 1 N–H and O–H groups in total. The van der Waals surface area contributed by atoms with Crippen molar-refractivity contribution < 1.29 is 6.21 Å². The van der Waals surface area contributed by atoms with Gasteiger partial charge in [-0.15, -0.1) is 0 Å². The van der Waals surface area contributed by atoms with E-state index in [9.17, 15) is 4.79 Å². The predicted molar refractivity (Wildman–Crippen MR) is 111 cm³/mol. The fourth-order valence-electron chi connectivity index (χ4n) is 4.06. The lowest BCUT2D eigenvalue weighted by molar-refractivity contribution is 0.0513. The van der Waals surface area contributed by atoms with E-state index in [2.05, 4.69) is 27.7 Å². The molecule has 1 aliphatic rings. The van der Waals surface area contributed by atoms with Crippen LogP contribution in [0.1, 0.15) is 58.3 Å². The van der Waals surface area contributed by atoms with Crippen molar-refractivity contribution in [3.05, 3.63) is 33.8 Å². The van der Waals surface area contributed by atoms with Crippen LogP contribution in [0, 0.1) is 17.8 Å². The molecule has 0 unspecified atom stereocenters. The van der Waals surface area contributed by atoms with Crippen molar-refractivity contribution in [1.29, 1.82) is 0 Å². The van der Waals surface area contributed by atoms with Crippen LogP contribution in [0.3, 0.4) is 0 Å². The molecule has 5 heteroatoms. The molecule has 1 saturated heterocycles. The minimum atomic E-state index is -0.417. The normalized spacial score (nSPS) is 20.9. The van der Waals surface area contributed by atoms with Crippen molar-refractivity contribution in [3.8, 4) is 0 Å². The minimum absolute atomic E-state index is 0.0439. The van der Waals surface area contributed by atoms with Crippen LogP contribution in [0.15, 0.2) is 18.2 Å². The van der Waals surface area contributed by atoms with E-state index in [-0.39, 0.29) is 11.9 Å². The molecular formula is C21H32Cl2N2O. The molecule has 1 aliphatic heterocycles. The van der Waals surface area contributed by atoms with Gasteiger partial charge in [0.25, 0.3) is 5.91 Å². The van der Waals surface area contributed by atoms with Gasteiger partial charge in [-0.05, 0) is 56.7 Å². The molecular weight excluding hydrogens is 367 g/mol. The van der Waals surface area contributed by atoms with E-state index >= 15 is 0 Å². The highest BCUT2D eigenvalue weighted by atomic mass is 35.5. The van der Waals surface area contributed by atoms with Gasteiger partial charge in [-0.1, -0.05) is 57.0 Å². The van der Waals surface area contributed by atoms with Gasteiger partial charge in [0.1, 0.15) is 1.41 Å². The molecule has 0 radical (unpaired) electrons. The smallest absolute Gasteiger partial charge is 0.255 e. The van der Waals surface area contributed by atoms with Crippen LogP contribution in [-0.4, -0.2) is 35.5 Å². The Morgan fingerprint density at radius 3 is 2.42 bits per heavy atom. The zero-order chi connectivity index (χ0) is 20.5. The first-order valence-electron chi connectivity index (χ1n) is 9.94. The van der Waals surface area contributed by atoms with Crippen LogP contribution in [0.25, 0.3) is 0 Å². The third-order valence-corrected chi connectivity index (χ3v) is 6.50. The second-order valence-electron chi connectivity index (χ2n) is 8.55. The molecule has 2 rings (SSSR count). The van der Waals surface area contributed by atoms with E-state index in [1.807, 2.05) is 18.7 Å². The van der Waals surface area contributed by atoms with Crippen molar-refractivity contribution in [2.75, 3.05) is 13.1 Å². The molecule has 3 nitrogen and oxygen atoms in total. The average molecular weight is 400 g/mol. The summed E-state index contributed by atoms with van der Waals surface area (Å²) < 4.78 is 8.28. The zero-order valence-electron chi connectivity index (χ0n) is 17.7. The molecule has 1 amide bonds. The number of hydrogen-bond acceptors (Lipinski definition) is 2. The highest BCUT2D eigenvalue weighted by molar-refractivity contribution is 6.43. The summed E-state index contributed by atoms with van der Waals surface area (Å²) in [7, 11) is 0. The summed E-state index contributed by atoms with van der Waals surface area (Å²) in [6.07, 6.45) is 0.781. The third kappa shape index (κ3) is 4.55. The van der Waals surface area contributed by atoms with Gasteiger partial charge < -0.3 is 10.2 Å². The quantitative estimate of drug-likeness (QED) is 0.684. The Hall–Kier alpha value is -0.770. The van der Waals surface area contributed by atoms with Crippen LogP contribution in [0.4, 0.5) is 0 Å². The van der Waals surface area contributed by atoms with Crippen molar-refractivity contribution in [3.63, 3.8) is 0 Å². The Balaban J connectivity index is 2.46. The molecule has 0 spiro atoms. The molecule has 0 bridgehead atoms. The van der Waals surface area contributed by atoms with E-state index in [1.54, 1.807) is 23.5 Å². The van der Waals surface area contributed by atoms with Crippen LogP contribution < -0.4 is 5.31 Å². The highest BCUT2D eigenvalue weighted by Crippen LogP contribution is 2.33. The number of halogens is 2. The fraction of sp³-hybridized carbons (Fsp3) is 0.667. The summed E-state index contributed by atoms with van der Waals surface area (Å²) in [6, 6.07) is 5.15. The van der Waals surface area contributed by atoms with E-state index in [0.717, 1.165) is 6.42 Å². The summed E-state index contributed by atoms with van der Waals surface area (Å²) >= 11 is 12.5. The lowest BCUT2D eigenvalue weighted by Crippen LogP contribution is -2.55. The maximum absolute atomic E-state index is 13.6. The Morgan fingerprint density at radius 1 is 1.31 bits per heavy atom. The maximum Gasteiger partial charge on any atom is 0.255 e. The number of benzene rings is 1. The fourth-order valence-corrected chi connectivity index (χ4v) is 4.45. The number of carbonyl (C=O) groups excluding carboxylic acids is 1. The summed E-state index contributed by atoms with van der Waals surface area (Å²) in [6.45, 7) is 14.2. The molecule has 1 aromatic carbocycles. The van der Waals surface area contributed by atoms with Crippen LogP contribution in [0.5, 0.6) is 0 Å². The molecule has 1 heterocycles. The highest BCUT2D eigenvalue weighted by Gasteiger charge is 2.42. The van der Waals surface area contributed by atoms with Gasteiger partial charge in [0.15, 0.2) is 0 Å². The lowest BCUT2D eigenvalue weighted by atomic mass is 9.83. The van der Waals surface area contributed by atoms with Gasteiger partial charge in [-0.25, -0.2) is 0 Å². The number of hydrogen-bond donors (Lipinski definition) is 1. The molecule has 0 aromatic heterocycles. The van der Waals surface area contributed by atoms with Gasteiger partial charge in [0.2, 0.25) is 0 Å². The summed E-state index contributed by atoms with van der Waals surface area (Å²) in [5, 5.41) is 2.29. The van der Waals surface area contributed by atoms with Crippen LogP contribution in [-0.2, 0) is 0 Å². The van der Waals surface area contributed by atoms with E-state index in [0.29, 0.717) is 46.5 Å². The molecule has 1 fully saturated rings. The number of nitrogens with zero attached hydrogens (tertiary/aromatic N) is 1. The van der Waals surface area contributed by atoms with Crippen LogP contribution in [0.2, 0.25) is 11.5 Å². The van der Waals surface area contributed by atoms with Crippen LogP contribution >= 0.6 is 23.2 Å². The van der Waals surface area contributed by atoms with Gasteiger partial charge >= 0.3 is 0 Å². The first-order chi connectivity index (χ1) is 12.5. The molecule has 146 valence electrons. The topological polar surface area (TPSA) is 32.3 Å². The Morgan fingerprint density at radius 2 is 1.92 bits per heavy atom. The Bertz CT molecular complexity index is 670. The van der Waals surface area contributed by atoms with Crippen molar-refractivity contribution >= 4 is 29.1 Å². The second kappa shape index (κ2) is 8.50. The molecule has 0 saturated carbocycles. The van der Waals surface area contributed by atoms with Crippen molar-refractivity contribution in [1.82, 2.24) is 10.2 Å².